The first-order chi connectivity index (χ1) is 16.3. The summed E-state index contributed by atoms with van der Waals surface area (Å²) in [6.45, 7) is 3.95. The van der Waals surface area contributed by atoms with Crippen LogP contribution < -0.4 is 9.46 Å². The molecule has 1 aliphatic heterocycles. The highest BCUT2D eigenvalue weighted by molar-refractivity contribution is 7.89. The Balaban J connectivity index is 1.45. The van der Waals surface area contributed by atoms with Crippen LogP contribution in [0.4, 0.5) is 0 Å². The molecule has 0 amide bonds. The average Bonchev–Trinajstić information content (AvgIpc) is 2.81. The number of piperidine rings is 1. The SMILES string of the molecule is CCNS(=O)(=O)c1cc(Cl)ccc1C1(O)CCN(Cc2cccc(Oc3ccccc3)c2)CC1. The Morgan fingerprint density at radius 1 is 1.00 bits per heavy atom. The normalized spacial score (nSPS) is 16.3. The van der Waals surface area contributed by atoms with Crippen LogP contribution >= 0.6 is 11.6 Å². The third-order valence-electron chi connectivity index (χ3n) is 6.04. The largest absolute Gasteiger partial charge is 0.457 e. The van der Waals surface area contributed by atoms with E-state index in [1.165, 1.54) is 6.07 Å². The van der Waals surface area contributed by atoms with Gasteiger partial charge in [-0.25, -0.2) is 13.1 Å². The zero-order valence-electron chi connectivity index (χ0n) is 19.1. The molecule has 8 heteroatoms. The number of likely N-dealkylation sites (tertiary alicyclic amines) is 1. The number of sulfonamides is 1. The molecular weight excluding hydrogens is 472 g/mol. The van der Waals surface area contributed by atoms with Crippen LogP contribution in [0.5, 0.6) is 11.5 Å². The van der Waals surface area contributed by atoms with E-state index in [1.54, 1.807) is 19.1 Å². The van der Waals surface area contributed by atoms with Gasteiger partial charge < -0.3 is 9.84 Å². The van der Waals surface area contributed by atoms with Crippen LogP contribution in [0.2, 0.25) is 5.02 Å². The van der Waals surface area contributed by atoms with Crippen LogP contribution in [0.1, 0.15) is 30.9 Å². The maximum Gasteiger partial charge on any atom is 0.240 e. The minimum absolute atomic E-state index is 0.0450. The van der Waals surface area contributed by atoms with E-state index in [1.807, 2.05) is 48.5 Å². The third kappa shape index (κ3) is 5.79. The minimum Gasteiger partial charge on any atom is -0.457 e. The Morgan fingerprint density at radius 2 is 1.71 bits per heavy atom. The van der Waals surface area contributed by atoms with Gasteiger partial charge in [-0.05, 0) is 54.8 Å². The van der Waals surface area contributed by atoms with Crippen LogP contribution in [-0.2, 0) is 22.2 Å². The molecule has 1 aliphatic rings. The maximum atomic E-state index is 12.8. The zero-order valence-corrected chi connectivity index (χ0v) is 20.6. The molecule has 3 aromatic rings. The zero-order chi connectivity index (χ0) is 24.2. The summed E-state index contributed by atoms with van der Waals surface area (Å²) in [5, 5.41) is 11.8. The first kappa shape index (κ1) is 24.7. The molecule has 0 spiro atoms. The lowest BCUT2D eigenvalue weighted by Crippen LogP contribution is -2.43. The predicted octanol–water partition coefficient (Wildman–Crippen LogP) is 4.91. The average molecular weight is 501 g/mol. The van der Waals surface area contributed by atoms with Gasteiger partial charge in [0.25, 0.3) is 0 Å². The van der Waals surface area contributed by atoms with Crippen LogP contribution in [0, 0.1) is 0 Å². The fraction of sp³-hybridized carbons (Fsp3) is 0.308. The van der Waals surface area contributed by atoms with Gasteiger partial charge in [-0.3, -0.25) is 4.90 Å². The maximum absolute atomic E-state index is 12.8. The van der Waals surface area contributed by atoms with Gasteiger partial charge in [0.05, 0.1) is 10.5 Å². The topological polar surface area (TPSA) is 78.9 Å². The molecule has 0 radical (unpaired) electrons. The summed E-state index contributed by atoms with van der Waals surface area (Å²) in [5.41, 5.74) is 0.272. The Morgan fingerprint density at radius 3 is 2.41 bits per heavy atom. The number of hydrogen-bond acceptors (Lipinski definition) is 5. The number of nitrogens with one attached hydrogen (secondary N) is 1. The lowest BCUT2D eigenvalue weighted by atomic mass is 9.84. The highest BCUT2D eigenvalue weighted by Crippen LogP contribution is 2.38. The Bertz CT molecular complexity index is 1230. The van der Waals surface area contributed by atoms with Crippen molar-refractivity contribution >= 4 is 21.6 Å². The summed E-state index contributed by atoms with van der Waals surface area (Å²) in [7, 11) is -3.77. The van der Waals surface area contributed by atoms with Crippen molar-refractivity contribution in [2.45, 2.75) is 36.8 Å². The van der Waals surface area contributed by atoms with E-state index in [-0.39, 0.29) is 11.4 Å². The summed E-state index contributed by atoms with van der Waals surface area (Å²) < 4.78 is 34.0. The number of nitrogens with zero attached hydrogens (tertiary/aromatic N) is 1. The molecule has 0 atom stereocenters. The number of benzene rings is 3. The minimum atomic E-state index is -3.77. The molecule has 0 aromatic heterocycles. The van der Waals surface area contributed by atoms with E-state index in [0.29, 0.717) is 43.1 Å². The number of rotatable bonds is 8. The summed E-state index contributed by atoms with van der Waals surface area (Å²) >= 11 is 6.09. The predicted molar refractivity (Wildman–Crippen MR) is 134 cm³/mol. The molecule has 6 nitrogen and oxygen atoms in total. The highest BCUT2D eigenvalue weighted by atomic mass is 35.5. The second-order valence-electron chi connectivity index (χ2n) is 8.51. The van der Waals surface area contributed by atoms with Crippen LogP contribution in [-0.4, -0.2) is 38.1 Å². The molecule has 0 unspecified atom stereocenters. The summed E-state index contributed by atoms with van der Waals surface area (Å²) in [6, 6.07) is 22.3. The lowest BCUT2D eigenvalue weighted by Gasteiger charge is -2.39. The molecular formula is C26H29ClN2O4S. The standard InChI is InChI=1S/C26H29ClN2O4S/c1-2-28-34(31,32)25-18-21(27)11-12-24(25)26(30)13-15-29(16-14-26)19-20-7-6-10-23(17-20)33-22-8-4-3-5-9-22/h3-12,17-18,28,30H,2,13-16,19H2,1H3. The van der Waals surface area contributed by atoms with Crippen molar-refractivity contribution in [3.8, 4) is 11.5 Å². The van der Waals surface area contributed by atoms with Crippen molar-refractivity contribution in [1.82, 2.24) is 9.62 Å². The molecule has 180 valence electrons. The van der Waals surface area contributed by atoms with Gasteiger partial charge in [0.15, 0.2) is 0 Å². The molecule has 1 fully saturated rings. The molecule has 2 N–H and O–H groups in total. The Kier molecular flexibility index (Phi) is 7.60. The number of hydrogen-bond donors (Lipinski definition) is 2. The van der Waals surface area contributed by atoms with Crippen LogP contribution in [0.3, 0.4) is 0 Å². The monoisotopic (exact) mass is 500 g/mol. The quantitative estimate of drug-likeness (QED) is 0.459. The Labute approximate surface area is 206 Å². The van der Waals surface area contributed by atoms with Crippen molar-refractivity contribution in [3.63, 3.8) is 0 Å². The van der Waals surface area contributed by atoms with E-state index < -0.39 is 15.6 Å². The lowest BCUT2D eigenvalue weighted by molar-refractivity contribution is -0.0299. The second-order valence-corrected chi connectivity index (χ2v) is 10.7. The van der Waals surface area contributed by atoms with Crippen molar-refractivity contribution in [3.05, 3.63) is 88.9 Å². The number of para-hydroxylation sites is 1. The van der Waals surface area contributed by atoms with Crippen molar-refractivity contribution in [2.75, 3.05) is 19.6 Å². The fourth-order valence-electron chi connectivity index (χ4n) is 4.31. The second kappa shape index (κ2) is 10.5. The van der Waals surface area contributed by atoms with Gasteiger partial charge in [0, 0.05) is 36.8 Å². The van der Waals surface area contributed by atoms with E-state index in [0.717, 1.165) is 17.1 Å². The van der Waals surface area contributed by atoms with Gasteiger partial charge in [0.2, 0.25) is 10.0 Å². The number of halogens is 1. The molecule has 1 saturated heterocycles. The summed E-state index contributed by atoms with van der Waals surface area (Å²) in [6.07, 6.45) is 0.840. The fourth-order valence-corrected chi connectivity index (χ4v) is 5.91. The van der Waals surface area contributed by atoms with Crippen LogP contribution in [0.25, 0.3) is 0 Å². The molecule has 0 aliphatic carbocycles. The van der Waals surface area contributed by atoms with E-state index in [2.05, 4.69) is 15.7 Å². The van der Waals surface area contributed by atoms with Gasteiger partial charge >= 0.3 is 0 Å². The van der Waals surface area contributed by atoms with Crippen molar-refractivity contribution < 1.29 is 18.3 Å². The van der Waals surface area contributed by atoms with Crippen LogP contribution in [0.15, 0.2) is 77.7 Å². The first-order valence-corrected chi connectivity index (χ1v) is 13.2. The molecule has 0 saturated carbocycles. The van der Waals surface area contributed by atoms with E-state index >= 15 is 0 Å². The van der Waals surface area contributed by atoms with E-state index in [9.17, 15) is 13.5 Å². The van der Waals surface area contributed by atoms with Gasteiger partial charge in [-0.2, -0.15) is 0 Å². The molecule has 34 heavy (non-hydrogen) atoms. The first-order valence-electron chi connectivity index (χ1n) is 11.4. The number of ether oxygens (including phenoxy) is 1. The molecule has 4 rings (SSSR count). The van der Waals surface area contributed by atoms with E-state index in [4.69, 9.17) is 16.3 Å². The molecule has 0 bridgehead atoms. The van der Waals surface area contributed by atoms with Crippen molar-refractivity contribution in [2.24, 2.45) is 0 Å². The highest BCUT2D eigenvalue weighted by Gasteiger charge is 2.38. The smallest absolute Gasteiger partial charge is 0.240 e. The molecule has 3 aromatic carbocycles. The Hall–Kier alpha value is -2.42. The van der Waals surface area contributed by atoms with Crippen molar-refractivity contribution in [1.29, 1.82) is 0 Å². The van der Waals surface area contributed by atoms with Gasteiger partial charge in [0.1, 0.15) is 11.5 Å². The number of aliphatic hydroxyl groups is 1. The molecule has 1 heterocycles. The third-order valence-corrected chi connectivity index (χ3v) is 7.86. The summed E-state index contributed by atoms with van der Waals surface area (Å²) in [5.74, 6) is 1.56. The van der Waals surface area contributed by atoms with Gasteiger partial charge in [-0.15, -0.1) is 0 Å². The van der Waals surface area contributed by atoms with Gasteiger partial charge in [-0.1, -0.05) is 54.9 Å². The summed E-state index contributed by atoms with van der Waals surface area (Å²) in [4.78, 5) is 2.30.